The van der Waals surface area contributed by atoms with E-state index in [9.17, 15) is 18.0 Å². The molecule has 0 aromatic carbocycles. The molecule has 1 saturated heterocycles. The average molecular weight is 445 g/mol. The second kappa shape index (κ2) is 10.9. The number of piperidine rings is 1. The molecule has 1 fully saturated rings. The van der Waals surface area contributed by atoms with Crippen molar-refractivity contribution in [3.63, 3.8) is 0 Å². The Morgan fingerprint density at radius 3 is 2.62 bits per heavy atom. The molecule has 2 rings (SSSR count). The van der Waals surface area contributed by atoms with Crippen molar-refractivity contribution in [1.82, 2.24) is 14.5 Å². The summed E-state index contributed by atoms with van der Waals surface area (Å²) in [5, 5.41) is 6.20. The van der Waals surface area contributed by atoms with Crippen LogP contribution in [0.15, 0.2) is 16.3 Å². The van der Waals surface area contributed by atoms with Crippen LogP contribution in [0.5, 0.6) is 0 Å². The van der Waals surface area contributed by atoms with Crippen molar-refractivity contribution in [2.45, 2.75) is 50.7 Å². The molecule has 1 aliphatic heterocycles. The first kappa shape index (κ1) is 23.6. The van der Waals surface area contributed by atoms with Gasteiger partial charge in [-0.15, -0.1) is 11.3 Å². The number of likely N-dealkylation sites (tertiary alicyclic amines) is 1. The van der Waals surface area contributed by atoms with E-state index in [1.54, 1.807) is 24.8 Å². The van der Waals surface area contributed by atoms with Gasteiger partial charge in [0.1, 0.15) is 4.21 Å². The minimum atomic E-state index is -3.54. The highest BCUT2D eigenvalue weighted by Crippen LogP contribution is 2.29. The number of anilines is 1. The number of rotatable bonds is 9. The highest BCUT2D eigenvalue weighted by Gasteiger charge is 2.29. The fourth-order valence-electron chi connectivity index (χ4n) is 3.31. The Labute approximate surface area is 177 Å². The van der Waals surface area contributed by atoms with Crippen LogP contribution >= 0.6 is 11.3 Å². The summed E-state index contributed by atoms with van der Waals surface area (Å²) in [6, 6.07) is 2.83. The maximum atomic E-state index is 12.6. The van der Waals surface area contributed by atoms with Gasteiger partial charge in [0.15, 0.2) is 0 Å². The third-order valence-electron chi connectivity index (χ3n) is 5.02. The molecule has 2 heterocycles. The Morgan fingerprint density at radius 1 is 1.24 bits per heavy atom. The fourth-order valence-corrected chi connectivity index (χ4v) is 6.12. The van der Waals surface area contributed by atoms with Crippen molar-refractivity contribution in [3.05, 3.63) is 12.1 Å². The van der Waals surface area contributed by atoms with E-state index in [-0.39, 0.29) is 22.1 Å². The van der Waals surface area contributed by atoms with Gasteiger partial charge in [-0.1, -0.05) is 27.2 Å². The molecule has 1 aliphatic rings. The van der Waals surface area contributed by atoms with Crippen molar-refractivity contribution >= 4 is 38.3 Å². The van der Waals surface area contributed by atoms with Crippen LogP contribution in [-0.2, 0) is 14.8 Å². The number of carbonyl (C=O) groups is 2. The SMILES string of the molecule is CCCCNC(=O)[C@H]1CCCN(C(=O)Nc2ccc(S(=O)(=O)N(CC)CC)s2)C1. The summed E-state index contributed by atoms with van der Waals surface area (Å²) in [6.45, 7) is 8.08. The first-order chi connectivity index (χ1) is 13.8. The number of thiophene rings is 1. The lowest BCUT2D eigenvalue weighted by Gasteiger charge is -2.31. The Morgan fingerprint density at radius 2 is 1.97 bits per heavy atom. The van der Waals surface area contributed by atoms with Gasteiger partial charge in [0.25, 0.3) is 10.0 Å². The van der Waals surface area contributed by atoms with Crippen LogP contribution in [0.4, 0.5) is 9.80 Å². The van der Waals surface area contributed by atoms with Crippen LogP contribution in [0.2, 0.25) is 0 Å². The van der Waals surface area contributed by atoms with E-state index in [2.05, 4.69) is 17.6 Å². The van der Waals surface area contributed by atoms with Crippen LogP contribution in [0.3, 0.4) is 0 Å². The van der Waals surface area contributed by atoms with Gasteiger partial charge < -0.3 is 10.2 Å². The summed E-state index contributed by atoms with van der Waals surface area (Å²) in [5.41, 5.74) is 0. The third-order valence-corrected chi connectivity index (χ3v) is 8.54. The number of urea groups is 1. The van der Waals surface area contributed by atoms with E-state index >= 15 is 0 Å². The maximum Gasteiger partial charge on any atom is 0.322 e. The number of hydrogen-bond donors (Lipinski definition) is 2. The number of hydrogen-bond acceptors (Lipinski definition) is 5. The van der Waals surface area contributed by atoms with Crippen LogP contribution in [0.25, 0.3) is 0 Å². The zero-order valence-electron chi connectivity index (χ0n) is 17.4. The molecule has 1 aromatic heterocycles. The van der Waals surface area contributed by atoms with Crippen molar-refractivity contribution in [2.24, 2.45) is 5.92 Å². The quantitative estimate of drug-likeness (QED) is 0.572. The lowest BCUT2D eigenvalue weighted by atomic mass is 9.97. The lowest BCUT2D eigenvalue weighted by molar-refractivity contribution is -0.126. The van der Waals surface area contributed by atoms with Crippen molar-refractivity contribution in [1.29, 1.82) is 0 Å². The molecular formula is C19H32N4O4S2. The second-order valence-corrected chi connectivity index (χ2v) is 10.3. The highest BCUT2D eigenvalue weighted by molar-refractivity contribution is 7.91. The Kier molecular flexibility index (Phi) is 8.91. The van der Waals surface area contributed by atoms with Gasteiger partial charge in [-0.3, -0.25) is 10.1 Å². The zero-order chi connectivity index (χ0) is 21.4. The van der Waals surface area contributed by atoms with E-state index in [1.807, 2.05) is 0 Å². The van der Waals surface area contributed by atoms with E-state index in [0.717, 1.165) is 37.0 Å². The number of nitrogens with zero attached hydrogens (tertiary/aromatic N) is 2. The van der Waals surface area contributed by atoms with Crippen LogP contribution in [0, 0.1) is 5.92 Å². The van der Waals surface area contributed by atoms with E-state index in [0.29, 0.717) is 37.7 Å². The number of nitrogens with one attached hydrogen (secondary N) is 2. The molecule has 0 radical (unpaired) electrons. The Bertz CT molecular complexity index is 790. The average Bonchev–Trinajstić information content (AvgIpc) is 3.18. The van der Waals surface area contributed by atoms with Crippen molar-refractivity contribution in [3.8, 4) is 0 Å². The molecule has 3 amide bonds. The highest BCUT2D eigenvalue weighted by atomic mass is 32.2. The van der Waals surface area contributed by atoms with Crippen molar-refractivity contribution in [2.75, 3.05) is 38.0 Å². The van der Waals surface area contributed by atoms with Crippen LogP contribution in [-0.4, -0.2) is 62.3 Å². The van der Waals surface area contributed by atoms with Gasteiger partial charge in [0.2, 0.25) is 5.91 Å². The third kappa shape index (κ3) is 6.16. The van der Waals surface area contributed by atoms with Gasteiger partial charge >= 0.3 is 6.03 Å². The second-order valence-electron chi connectivity index (χ2n) is 7.07. The van der Waals surface area contributed by atoms with E-state index in [1.165, 1.54) is 10.4 Å². The van der Waals surface area contributed by atoms with Gasteiger partial charge in [-0.05, 0) is 31.4 Å². The molecule has 29 heavy (non-hydrogen) atoms. The molecule has 1 aromatic rings. The maximum absolute atomic E-state index is 12.6. The molecule has 2 N–H and O–H groups in total. The van der Waals surface area contributed by atoms with E-state index < -0.39 is 10.0 Å². The molecule has 1 atom stereocenters. The lowest BCUT2D eigenvalue weighted by Crippen LogP contribution is -2.47. The molecule has 164 valence electrons. The molecule has 8 nitrogen and oxygen atoms in total. The standard InChI is InChI=1S/C19H32N4O4S2/c1-4-7-12-20-18(24)15-9-8-13-22(14-15)19(25)21-16-10-11-17(28-16)29(26,27)23(5-2)6-3/h10-11,15H,4-9,12-14H2,1-3H3,(H,20,24)(H,21,25)/t15-/m0/s1. The van der Waals surface area contributed by atoms with Crippen molar-refractivity contribution < 1.29 is 18.0 Å². The minimum Gasteiger partial charge on any atom is -0.356 e. The monoisotopic (exact) mass is 444 g/mol. The van der Waals surface area contributed by atoms with Crippen LogP contribution in [0.1, 0.15) is 46.5 Å². The number of sulfonamides is 1. The fraction of sp³-hybridized carbons (Fsp3) is 0.684. The summed E-state index contributed by atoms with van der Waals surface area (Å²) >= 11 is 1.04. The largest absolute Gasteiger partial charge is 0.356 e. The number of amides is 3. The van der Waals surface area contributed by atoms with Gasteiger partial charge in [-0.2, -0.15) is 4.31 Å². The Balaban J connectivity index is 1.96. The Hall–Kier alpha value is -1.65. The summed E-state index contributed by atoms with van der Waals surface area (Å²) in [5.74, 6) is -0.201. The first-order valence-electron chi connectivity index (χ1n) is 10.3. The first-order valence-corrected chi connectivity index (χ1v) is 12.5. The summed E-state index contributed by atoms with van der Waals surface area (Å²) in [6.07, 6.45) is 3.50. The van der Waals surface area contributed by atoms with Gasteiger partial charge in [0.05, 0.1) is 10.9 Å². The predicted octanol–water partition coefficient (Wildman–Crippen LogP) is 2.94. The summed E-state index contributed by atoms with van der Waals surface area (Å²) in [4.78, 5) is 26.6. The van der Waals surface area contributed by atoms with Gasteiger partial charge in [0, 0.05) is 32.7 Å². The molecule has 10 heteroatoms. The zero-order valence-corrected chi connectivity index (χ0v) is 19.1. The molecule has 0 saturated carbocycles. The molecule has 0 spiro atoms. The van der Waals surface area contributed by atoms with Gasteiger partial charge in [-0.25, -0.2) is 13.2 Å². The molecular weight excluding hydrogens is 412 g/mol. The smallest absolute Gasteiger partial charge is 0.322 e. The van der Waals surface area contributed by atoms with E-state index in [4.69, 9.17) is 0 Å². The topological polar surface area (TPSA) is 98.8 Å². The molecule has 0 bridgehead atoms. The number of carbonyl (C=O) groups excluding carboxylic acids is 2. The van der Waals surface area contributed by atoms with Crippen LogP contribution < -0.4 is 10.6 Å². The normalized spacial score (nSPS) is 17.4. The molecule has 0 aliphatic carbocycles. The number of unbranched alkanes of at least 4 members (excludes halogenated alkanes) is 1. The summed E-state index contributed by atoms with van der Waals surface area (Å²) < 4.78 is 26.8. The summed E-state index contributed by atoms with van der Waals surface area (Å²) in [7, 11) is -3.54. The molecule has 0 unspecified atom stereocenters. The predicted molar refractivity (Wildman–Crippen MR) is 116 cm³/mol. The minimum absolute atomic E-state index is 0.000300.